The van der Waals surface area contributed by atoms with Crippen LogP contribution in [-0.2, 0) is 0 Å². The van der Waals surface area contributed by atoms with Crippen LogP contribution in [0.2, 0.25) is 0 Å². The lowest BCUT2D eigenvalue weighted by atomic mass is 10.1. The zero-order chi connectivity index (χ0) is 7.82. The molecule has 0 aromatic heterocycles. The molecule has 0 amide bonds. The second-order valence-electron chi connectivity index (χ2n) is 1.91. The molecule has 0 nitrogen and oxygen atoms in total. The normalized spacial score (nSPS) is 7.50. The highest BCUT2D eigenvalue weighted by Crippen LogP contribution is 2.05. The van der Waals surface area contributed by atoms with Crippen molar-refractivity contribution in [2.24, 2.45) is 0 Å². The highest BCUT2D eigenvalue weighted by Gasteiger charge is 1.89. The number of allylic oxidation sites excluding steroid dienone is 2. The largest absolute Gasteiger partial charge is 0.120 e. The van der Waals surface area contributed by atoms with Gasteiger partial charge in [-0.1, -0.05) is 11.6 Å². The van der Waals surface area contributed by atoms with Crippen LogP contribution in [0.1, 0.15) is 19.3 Å². The molecule has 0 aromatic rings. The molecule has 0 unspecified atom stereocenters. The summed E-state index contributed by atoms with van der Waals surface area (Å²) in [7, 11) is 0. The Morgan fingerprint density at radius 2 is 1.80 bits per heavy atom. The van der Waals surface area contributed by atoms with Crippen LogP contribution < -0.4 is 0 Å². The Labute approximate surface area is 63.3 Å². The summed E-state index contributed by atoms with van der Waals surface area (Å²) in [6.07, 6.45) is 14.3. The molecule has 1 radical (unpaired) electrons. The standard InChI is InChI=1S/C10H11/c1-4-7-10(8-5-2)9-6-3/h1-2,9H,3,6-8H2. The molecule has 0 spiro atoms. The molecule has 0 rings (SSSR count). The molecule has 0 heteroatoms. The Balaban J connectivity index is 3.90. The Kier molecular flexibility index (Phi) is 5.30. The van der Waals surface area contributed by atoms with E-state index in [-0.39, 0.29) is 0 Å². The summed E-state index contributed by atoms with van der Waals surface area (Å²) in [6.45, 7) is 3.68. The molecule has 0 aliphatic rings. The van der Waals surface area contributed by atoms with E-state index in [9.17, 15) is 0 Å². The van der Waals surface area contributed by atoms with Gasteiger partial charge in [-0.15, -0.1) is 24.7 Å². The van der Waals surface area contributed by atoms with Gasteiger partial charge in [0, 0.05) is 12.8 Å². The number of hydrogen-bond donors (Lipinski definition) is 0. The van der Waals surface area contributed by atoms with Crippen molar-refractivity contribution in [3.05, 3.63) is 18.6 Å². The first-order valence-electron chi connectivity index (χ1n) is 3.19. The minimum Gasteiger partial charge on any atom is -0.120 e. The van der Waals surface area contributed by atoms with Crippen LogP contribution in [0, 0.1) is 31.6 Å². The van der Waals surface area contributed by atoms with Crippen molar-refractivity contribution in [2.45, 2.75) is 19.3 Å². The van der Waals surface area contributed by atoms with Crippen LogP contribution in [0.15, 0.2) is 11.6 Å². The lowest BCUT2D eigenvalue weighted by Gasteiger charge is -1.94. The Morgan fingerprint density at radius 3 is 2.10 bits per heavy atom. The van der Waals surface area contributed by atoms with E-state index >= 15 is 0 Å². The van der Waals surface area contributed by atoms with Gasteiger partial charge in [0.15, 0.2) is 0 Å². The molecule has 0 saturated carbocycles. The minimum atomic E-state index is 0.652. The number of rotatable bonds is 3. The van der Waals surface area contributed by atoms with Gasteiger partial charge in [0.05, 0.1) is 0 Å². The smallest absolute Gasteiger partial charge is 0.0306 e. The maximum absolute atomic E-state index is 5.11. The Hall–Kier alpha value is -1.14. The van der Waals surface area contributed by atoms with Crippen LogP contribution in [0.25, 0.3) is 0 Å². The summed E-state index contributed by atoms with van der Waals surface area (Å²) in [4.78, 5) is 0. The van der Waals surface area contributed by atoms with Gasteiger partial charge in [0.25, 0.3) is 0 Å². The third kappa shape index (κ3) is 3.81. The van der Waals surface area contributed by atoms with Gasteiger partial charge in [-0.25, -0.2) is 0 Å². The van der Waals surface area contributed by atoms with E-state index in [2.05, 4.69) is 18.8 Å². The van der Waals surface area contributed by atoms with Crippen LogP contribution in [0.4, 0.5) is 0 Å². The molecule has 0 bridgehead atoms. The van der Waals surface area contributed by atoms with E-state index < -0.39 is 0 Å². The Bertz CT molecular complexity index is 165. The second-order valence-corrected chi connectivity index (χ2v) is 1.91. The van der Waals surface area contributed by atoms with Crippen molar-refractivity contribution < 1.29 is 0 Å². The van der Waals surface area contributed by atoms with Gasteiger partial charge < -0.3 is 0 Å². The number of hydrogen-bond acceptors (Lipinski definition) is 0. The highest BCUT2D eigenvalue weighted by molar-refractivity contribution is 5.16. The van der Waals surface area contributed by atoms with E-state index in [1.807, 2.05) is 6.08 Å². The second kappa shape index (κ2) is 5.99. The maximum Gasteiger partial charge on any atom is 0.0306 e. The topological polar surface area (TPSA) is 0 Å². The monoisotopic (exact) mass is 131 g/mol. The Morgan fingerprint density at radius 1 is 1.30 bits per heavy atom. The molecule has 0 saturated heterocycles. The minimum absolute atomic E-state index is 0.652. The lowest BCUT2D eigenvalue weighted by molar-refractivity contribution is 1.13. The predicted molar refractivity (Wildman–Crippen MR) is 45.0 cm³/mol. The molecule has 0 N–H and O–H groups in total. The van der Waals surface area contributed by atoms with E-state index in [0.717, 1.165) is 12.0 Å². The zero-order valence-corrected chi connectivity index (χ0v) is 6.06. The highest BCUT2D eigenvalue weighted by atomic mass is 13.9. The molecular formula is C10H11. The molecule has 10 heavy (non-hydrogen) atoms. The van der Waals surface area contributed by atoms with Crippen molar-refractivity contribution in [3.63, 3.8) is 0 Å². The molecule has 0 fully saturated rings. The van der Waals surface area contributed by atoms with Crippen LogP contribution >= 0.6 is 0 Å². The van der Waals surface area contributed by atoms with Crippen LogP contribution in [-0.4, -0.2) is 0 Å². The van der Waals surface area contributed by atoms with Crippen LogP contribution in [0.5, 0.6) is 0 Å². The summed E-state index contributed by atoms with van der Waals surface area (Å²) in [5.41, 5.74) is 1.13. The first-order chi connectivity index (χ1) is 4.85. The van der Waals surface area contributed by atoms with Gasteiger partial charge in [-0.2, -0.15) is 0 Å². The van der Waals surface area contributed by atoms with Crippen molar-refractivity contribution in [2.75, 3.05) is 0 Å². The van der Waals surface area contributed by atoms with Crippen molar-refractivity contribution >= 4 is 0 Å². The van der Waals surface area contributed by atoms with Crippen molar-refractivity contribution in [1.82, 2.24) is 0 Å². The average molecular weight is 131 g/mol. The molecule has 0 heterocycles. The lowest BCUT2D eigenvalue weighted by Crippen LogP contribution is -1.78. The zero-order valence-electron chi connectivity index (χ0n) is 6.06. The van der Waals surface area contributed by atoms with Gasteiger partial charge in [0.2, 0.25) is 0 Å². The van der Waals surface area contributed by atoms with Gasteiger partial charge in [-0.3, -0.25) is 0 Å². The van der Waals surface area contributed by atoms with Gasteiger partial charge in [-0.05, 0) is 13.3 Å². The van der Waals surface area contributed by atoms with Crippen molar-refractivity contribution in [3.8, 4) is 24.7 Å². The fraction of sp³-hybridized carbons (Fsp3) is 0.300. The van der Waals surface area contributed by atoms with E-state index in [1.165, 1.54) is 0 Å². The summed E-state index contributed by atoms with van der Waals surface area (Å²) in [5, 5.41) is 0. The molecule has 51 valence electrons. The van der Waals surface area contributed by atoms with E-state index in [1.54, 1.807) is 0 Å². The number of terminal acetylenes is 2. The van der Waals surface area contributed by atoms with Crippen molar-refractivity contribution in [1.29, 1.82) is 0 Å². The van der Waals surface area contributed by atoms with E-state index in [4.69, 9.17) is 12.8 Å². The molecular weight excluding hydrogens is 120 g/mol. The SMILES string of the molecule is C#CCC(=CC[CH2])CC#C. The average Bonchev–Trinajstić information content (AvgIpc) is 1.90. The van der Waals surface area contributed by atoms with Crippen LogP contribution in [0.3, 0.4) is 0 Å². The third-order valence-corrected chi connectivity index (χ3v) is 1.09. The third-order valence-electron chi connectivity index (χ3n) is 1.09. The van der Waals surface area contributed by atoms with E-state index in [0.29, 0.717) is 12.8 Å². The fourth-order valence-electron chi connectivity index (χ4n) is 0.673. The summed E-state index contributed by atoms with van der Waals surface area (Å²) in [5.74, 6) is 5.09. The molecule has 0 aliphatic heterocycles. The summed E-state index contributed by atoms with van der Waals surface area (Å²) in [6, 6.07) is 0. The van der Waals surface area contributed by atoms with Gasteiger partial charge in [0.1, 0.15) is 0 Å². The summed E-state index contributed by atoms with van der Waals surface area (Å²) >= 11 is 0. The maximum atomic E-state index is 5.11. The first-order valence-corrected chi connectivity index (χ1v) is 3.19. The predicted octanol–water partition coefficient (Wildman–Crippen LogP) is 2.18. The summed E-state index contributed by atoms with van der Waals surface area (Å²) < 4.78 is 0. The molecule has 0 aromatic carbocycles. The van der Waals surface area contributed by atoms with Gasteiger partial charge >= 0.3 is 0 Å². The molecule has 0 aliphatic carbocycles. The fourth-order valence-corrected chi connectivity index (χ4v) is 0.673. The quantitative estimate of drug-likeness (QED) is 0.407. The first kappa shape index (κ1) is 8.86. The molecule has 0 atom stereocenters.